The molecule has 0 spiro atoms. The smallest absolute Gasteiger partial charge is 0.167 e. The Bertz CT molecular complexity index is 809. The molecule has 29 heavy (non-hydrogen) atoms. The summed E-state index contributed by atoms with van der Waals surface area (Å²) in [5.74, 6) is 3.95. The van der Waals surface area contributed by atoms with Gasteiger partial charge < -0.3 is 9.67 Å². The number of carbonyl (C=O) groups excluding carboxylic acids is 1. The highest BCUT2D eigenvalue weighted by Crippen LogP contribution is 2.68. The molecule has 0 bridgehead atoms. The second-order valence-electron chi connectivity index (χ2n) is 11.0. The van der Waals surface area contributed by atoms with Crippen LogP contribution in [-0.2, 0) is 11.8 Å². The number of hydrogen-bond donors (Lipinski definition) is 1. The summed E-state index contributed by atoms with van der Waals surface area (Å²) >= 11 is 1.72. The largest absolute Gasteiger partial charge is 0.388 e. The molecule has 0 aromatic carbocycles. The van der Waals surface area contributed by atoms with Crippen molar-refractivity contribution in [2.45, 2.75) is 82.4 Å². The van der Waals surface area contributed by atoms with E-state index in [1.807, 2.05) is 24.0 Å². The highest BCUT2D eigenvalue weighted by Gasteiger charge is 2.64. The number of ketones is 1. The van der Waals surface area contributed by atoms with Crippen molar-refractivity contribution in [3.8, 4) is 0 Å². The first-order chi connectivity index (χ1) is 13.8. The summed E-state index contributed by atoms with van der Waals surface area (Å²) in [5, 5.41) is 12.9. The maximum Gasteiger partial charge on any atom is 0.167 e. The maximum absolute atomic E-state index is 12.1. The van der Waals surface area contributed by atoms with Gasteiger partial charge in [0.15, 0.2) is 5.16 Å². The number of hydrogen-bond acceptors (Lipinski definition) is 4. The molecule has 4 aliphatic rings. The summed E-state index contributed by atoms with van der Waals surface area (Å²) < 4.78 is 2.05. The standard InChI is InChI=1S/C24H36N2O2S/c1-22-9-6-17(27)14-16(22)4-5-18-19(22)7-10-23(2)20(18)8-11-24(23,28)15-29-21-25-12-13-26(21)3/h12-13,16,18-20,28H,4-11,14-15H2,1-3H3/t16-,18-,19-,20+,22-,23-,24+/m0/s1. The number of Topliss-reactive ketones (excluding diaryl/α,β-unsaturated/α-hetero) is 1. The van der Waals surface area contributed by atoms with Crippen LogP contribution in [0.4, 0.5) is 0 Å². The highest BCUT2D eigenvalue weighted by molar-refractivity contribution is 7.99. The minimum atomic E-state index is -0.598. The number of aliphatic hydroxyl groups is 1. The molecule has 5 heteroatoms. The van der Waals surface area contributed by atoms with Crippen molar-refractivity contribution in [3.05, 3.63) is 12.4 Å². The number of aryl methyl sites for hydroxylation is 1. The minimum absolute atomic E-state index is 0.0139. The Hall–Kier alpha value is -0.810. The molecule has 1 heterocycles. The molecular weight excluding hydrogens is 380 g/mol. The highest BCUT2D eigenvalue weighted by atomic mass is 32.2. The lowest BCUT2D eigenvalue weighted by molar-refractivity contribution is -0.152. The molecule has 7 atom stereocenters. The Morgan fingerprint density at radius 1 is 1.17 bits per heavy atom. The molecule has 4 saturated carbocycles. The van der Waals surface area contributed by atoms with Crippen LogP contribution in [0, 0.1) is 34.5 Å². The first-order valence-electron chi connectivity index (χ1n) is 11.6. The topological polar surface area (TPSA) is 55.1 Å². The number of imidazole rings is 1. The van der Waals surface area contributed by atoms with Gasteiger partial charge in [0.05, 0.1) is 5.60 Å². The van der Waals surface area contributed by atoms with E-state index in [0.717, 1.165) is 61.3 Å². The van der Waals surface area contributed by atoms with Gasteiger partial charge in [-0.3, -0.25) is 4.79 Å². The lowest BCUT2D eigenvalue weighted by atomic mass is 9.44. The van der Waals surface area contributed by atoms with Gasteiger partial charge in [0.1, 0.15) is 5.78 Å². The van der Waals surface area contributed by atoms with Gasteiger partial charge in [0.2, 0.25) is 0 Å². The molecule has 0 amide bonds. The number of carbonyl (C=O) groups is 1. The second kappa shape index (κ2) is 6.85. The monoisotopic (exact) mass is 416 g/mol. The Kier molecular flexibility index (Phi) is 4.75. The third-order valence-corrected chi connectivity index (χ3v) is 11.3. The van der Waals surface area contributed by atoms with Gasteiger partial charge in [-0.15, -0.1) is 0 Å². The van der Waals surface area contributed by atoms with Crippen molar-refractivity contribution in [3.63, 3.8) is 0 Å². The Balaban J connectivity index is 1.36. The molecule has 1 aromatic rings. The summed E-state index contributed by atoms with van der Waals surface area (Å²) in [5.41, 5.74) is -0.236. The first kappa shape index (κ1) is 20.1. The normalized spacial score (nSPS) is 46.8. The molecule has 1 N–H and O–H groups in total. The van der Waals surface area contributed by atoms with E-state index in [1.165, 1.54) is 19.3 Å². The molecule has 4 fully saturated rings. The quantitative estimate of drug-likeness (QED) is 0.715. The predicted molar refractivity (Wildman–Crippen MR) is 116 cm³/mol. The fraction of sp³-hybridized carbons (Fsp3) is 0.833. The molecule has 1 aromatic heterocycles. The number of fused-ring (bicyclic) bond motifs is 5. The summed E-state index contributed by atoms with van der Waals surface area (Å²) in [6.45, 7) is 4.89. The van der Waals surface area contributed by atoms with Gasteiger partial charge in [-0.1, -0.05) is 25.6 Å². The van der Waals surface area contributed by atoms with Gasteiger partial charge in [-0.05, 0) is 74.0 Å². The zero-order valence-electron chi connectivity index (χ0n) is 18.2. The summed E-state index contributed by atoms with van der Waals surface area (Å²) in [6.07, 6.45) is 13.5. The van der Waals surface area contributed by atoms with Crippen molar-refractivity contribution in [1.29, 1.82) is 0 Å². The lowest BCUT2D eigenvalue weighted by Crippen LogP contribution is -2.57. The van der Waals surface area contributed by atoms with Gasteiger partial charge in [0.25, 0.3) is 0 Å². The zero-order chi connectivity index (χ0) is 20.4. The van der Waals surface area contributed by atoms with Crippen molar-refractivity contribution >= 4 is 17.5 Å². The molecule has 4 nitrogen and oxygen atoms in total. The average Bonchev–Trinajstić information content (AvgIpc) is 3.22. The SMILES string of the molecule is Cn1ccnc1SC[C@]1(O)CC[C@@H]2[C@H]3CC[C@H]4CC(=O)CC[C@]4(C)[C@H]3CC[C@@]21C. The van der Waals surface area contributed by atoms with E-state index in [1.54, 1.807) is 11.8 Å². The molecular formula is C24H36N2O2S. The van der Waals surface area contributed by atoms with Crippen molar-refractivity contribution in [2.24, 2.45) is 41.5 Å². The van der Waals surface area contributed by atoms with E-state index in [0.29, 0.717) is 23.0 Å². The molecule has 0 radical (unpaired) electrons. The van der Waals surface area contributed by atoms with E-state index >= 15 is 0 Å². The van der Waals surface area contributed by atoms with E-state index in [4.69, 9.17) is 0 Å². The fourth-order valence-electron chi connectivity index (χ4n) is 8.07. The summed E-state index contributed by atoms with van der Waals surface area (Å²) in [7, 11) is 2.03. The zero-order valence-corrected chi connectivity index (χ0v) is 19.0. The van der Waals surface area contributed by atoms with Crippen LogP contribution >= 0.6 is 11.8 Å². The molecule has 0 aliphatic heterocycles. The minimum Gasteiger partial charge on any atom is -0.388 e. The molecule has 0 saturated heterocycles. The Morgan fingerprint density at radius 3 is 2.72 bits per heavy atom. The molecule has 0 unspecified atom stereocenters. The molecule has 4 aliphatic carbocycles. The van der Waals surface area contributed by atoms with E-state index in [-0.39, 0.29) is 5.41 Å². The molecule has 160 valence electrons. The fourth-order valence-corrected chi connectivity index (χ4v) is 9.31. The Morgan fingerprint density at radius 2 is 1.97 bits per heavy atom. The number of rotatable bonds is 3. The van der Waals surface area contributed by atoms with Crippen molar-refractivity contribution in [2.75, 3.05) is 5.75 Å². The van der Waals surface area contributed by atoms with Crippen molar-refractivity contribution < 1.29 is 9.90 Å². The predicted octanol–water partition coefficient (Wildman–Crippen LogP) is 4.86. The first-order valence-corrected chi connectivity index (χ1v) is 12.6. The van der Waals surface area contributed by atoms with Gasteiger partial charge >= 0.3 is 0 Å². The van der Waals surface area contributed by atoms with E-state index in [2.05, 4.69) is 18.8 Å². The second-order valence-corrected chi connectivity index (χ2v) is 12.0. The Labute approximate surface area is 179 Å². The van der Waals surface area contributed by atoms with Crippen LogP contribution in [0.3, 0.4) is 0 Å². The van der Waals surface area contributed by atoms with Crippen LogP contribution in [0.2, 0.25) is 0 Å². The van der Waals surface area contributed by atoms with Crippen LogP contribution in [0.25, 0.3) is 0 Å². The molecule has 5 rings (SSSR count). The van der Waals surface area contributed by atoms with Crippen LogP contribution < -0.4 is 0 Å². The third-order valence-electron chi connectivity index (χ3n) is 10.0. The van der Waals surface area contributed by atoms with Crippen LogP contribution in [0.15, 0.2) is 17.6 Å². The van der Waals surface area contributed by atoms with Crippen LogP contribution in [0.5, 0.6) is 0 Å². The average molecular weight is 417 g/mol. The van der Waals surface area contributed by atoms with Crippen LogP contribution in [-0.4, -0.2) is 31.8 Å². The van der Waals surface area contributed by atoms with Gasteiger partial charge in [0, 0.05) is 43.5 Å². The van der Waals surface area contributed by atoms with Gasteiger partial charge in [-0.2, -0.15) is 0 Å². The van der Waals surface area contributed by atoms with Crippen LogP contribution in [0.1, 0.15) is 71.6 Å². The van der Waals surface area contributed by atoms with E-state index < -0.39 is 5.60 Å². The van der Waals surface area contributed by atoms with Crippen molar-refractivity contribution in [1.82, 2.24) is 9.55 Å². The van der Waals surface area contributed by atoms with E-state index in [9.17, 15) is 9.90 Å². The number of nitrogens with zero attached hydrogens (tertiary/aromatic N) is 2. The summed E-state index contributed by atoms with van der Waals surface area (Å²) in [6, 6.07) is 0. The summed E-state index contributed by atoms with van der Waals surface area (Å²) in [4.78, 5) is 16.5. The number of thioether (sulfide) groups is 1. The maximum atomic E-state index is 12.1. The lowest BCUT2D eigenvalue weighted by Gasteiger charge is -2.61. The third kappa shape index (κ3) is 2.90. The van der Waals surface area contributed by atoms with Gasteiger partial charge in [-0.25, -0.2) is 4.98 Å². The number of aromatic nitrogens is 2.